The Kier molecular flexibility index (Phi) is 11.4. The van der Waals surface area contributed by atoms with Crippen molar-refractivity contribution in [3.8, 4) is 0 Å². The van der Waals surface area contributed by atoms with Crippen LogP contribution in [0.15, 0.2) is 71.6 Å². The Morgan fingerprint density at radius 2 is 1.60 bits per heavy atom. The van der Waals surface area contributed by atoms with E-state index in [-0.39, 0.29) is 23.4 Å². The zero-order valence-electron chi connectivity index (χ0n) is 24.2. The number of amides is 2. The Morgan fingerprint density at radius 3 is 2.23 bits per heavy atom. The molecule has 1 aliphatic carbocycles. The van der Waals surface area contributed by atoms with E-state index in [2.05, 4.69) is 5.32 Å². The first kappa shape index (κ1) is 33.1. The summed E-state index contributed by atoms with van der Waals surface area (Å²) in [5.41, 5.74) is 1.70. The van der Waals surface area contributed by atoms with Gasteiger partial charge in [-0.2, -0.15) is 0 Å². The molecule has 1 saturated carbocycles. The van der Waals surface area contributed by atoms with Crippen LogP contribution in [0.1, 0.15) is 56.6 Å². The van der Waals surface area contributed by atoms with Crippen LogP contribution in [0, 0.1) is 6.92 Å². The van der Waals surface area contributed by atoms with Crippen LogP contribution in [-0.4, -0.2) is 43.8 Å². The van der Waals surface area contributed by atoms with Gasteiger partial charge in [-0.1, -0.05) is 85.3 Å². The topological polar surface area (TPSA) is 86.8 Å². The van der Waals surface area contributed by atoms with Crippen LogP contribution < -0.4 is 9.62 Å². The Morgan fingerprint density at radius 1 is 0.930 bits per heavy atom. The molecule has 1 fully saturated rings. The summed E-state index contributed by atoms with van der Waals surface area (Å²) in [6.07, 6.45) is 5.35. The summed E-state index contributed by atoms with van der Waals surface area (Å²) in [6.45, 7) is 3.13. The maximum Gasteiger partial charge on any atom is 0.264 e. The summed E-state index contributed by atoms with van der Waals surface area (Å²) in [6, 6.07) is 17.0. The highest BCUT2D eigenvalue weighted by Crippen LogP contribution is 2.29. The predicted octanol–water partition coefficient (Wildman–Crippen LogP) is 7.41. The standard InChI is InChI=1S/C32H36Cl3N3O4S/c1-3-29(32(40)36-25-10-5-4-6-11-25)37(20-23-13-18-27(34)28(35)19-23)31(39)21-38(30-12-8-7-9-22(30)2)43(41,42)26-16-14-24(33)15-17-26/h7-9,12-19,25,29H,3-6,10-11,20-21H2,1-2H3,(H,36,40). The maximum atomic E-state index is 14.3. The van der Waals surface area contributed by atoms with E-state index in [4.69, 9.17) is 34.8 Å². The van der Waals surface area contributed by atoms with E-state index < -0.39 is 28.5 Å². The van der Waals surface area contributed by atoms with Gasteiger partial charge in [-0.05, 0) is 79.8 Å². The fraction of sp³-hybridized carbons (Fsp3) is 0.375. The van der Waals surface area contributed by atoms with Crippen molar-refractivity contribution in [1.82, 2.24) is 10.2 Å². The Bertz CT molecular complexity index is 1540. The van der Waals surface area contributed by atoms with Gasteiger partial charge in [0, 0.05) is 17.6 Å². The summed E-state index contributed by atoms with van der Waals surface area (Å²) in [7, 11) is -4.19. The van der Waals surface area contributed by atoms with Gasteiger partial charge in [0.15, 0.2) is 0 Å². The minimum absolute atomic E-state index is 0.00827. The zero-order chi connectivity index (χ0) is 31.1. The van der Waals surface area contributed by atoms with Crippen LogP contribution in [-0.2, 0) is 26.2 Å². The molecule has 0 saturated heterocycles. The Hall–Kier alpha value is -2.78. The molecule has 4 rings (SSSR count). The lowest BCUT2D eigenvalue weighted by Crippen LogP contribution is -2.54. The fourth-order valence-corrected chi connectivity index (χ4v) is 7.31. The number of sulfonamides is 1. The smallest absolute Gasteiger partial charge is 0.264 e. The first-order chi connectivity index (χ1) is 20.5. The van der Waals surface area contributed by atoms with Crippen LogP contribution in [0.4, 0.5) is 5.69 Å². The highest BCUT2D eigenvalue weighted by atomic mass is 35.5. The molecule has 3 aromatic rings. The van der Waals surface area contributed by atoms with Crippen LogP contribution >= 0.6 is 34.8 Å². The normalized spacial score (nSPS) is 14.6. The second-order valence-electron chi connectivity index (χ2n) is 10.8. The van der Waals surface area contributed by atoms with E-state index in [1.807, 2.05) is 6.92 Å². The number of halogens is 3. The van der Waals surface area contributed by atoms with Crippen LogP contribution in [0.5, 0.6) is 0 Å². The minimum atomic E-state index is -4.19. The Balaban J connectivity index is 1.73. The van der Waals surface area contributed by atoms with Crippen molar-refractivity contribution in [3.05, 3.63) is 92.9 Å². The molecule has 1 atom stereocenters. The van der Waals surface area contributed by atoms with E-state index in [1.54, 1.807) is 49.4 Å². The number of para-hydroxylation sites is 1. The molecule has 0 spiro atoms. The lowest BCUT2D eigenvalue weighted by molar-refractivity contribution is -0.140. The number of benzene rings is 3. The lowest BCUT2D eigenvalue weighted by atomic mass is 9.95. The maximum absolute atomic E-state index is 14.3. The van der Waals surface area contributed by atoms with Gasteiger partial charge < -0.3 is 10.2 Å². The van der Waals surface area contributed by atoms with Gasteiger partial charge in [-0.25, -0.2) is 8.42 Å². The van der Waals surface area contributed by atoms with E-state index >= 15 is 0 Å². The molecule has 11 heteroatoms. The number of aryl methyl sites for hydroxylation is 1. The highest BCUT2D eigenvalue weighted by molar-refractivity contribution is 7.92. The third-order valence-corrected chi connectivity index (χ3v) is 10.5. The summed E-state index contributed by atoms with van der Waals surface area (Å²) in [5, 5.41) is 4.22. The predicted molar refractivity (Wildman–Crippen MR) is 173 cm³/mol. The second-order valence-corrected chi connectivity index (χ2v) is 13.9. The first-order valence-corrected chi connectivity index (χ1v) is 17.0. The molecule has 0 heterocycles. The molecular formula is C32H36Cl3N3O4S. The van der Waals surface area contributed by atoms with E-state index in [1.165, 1.54) is 29.2 Å². The van der Waals surface area contributed by atoms with E-state index in [0.29, 0.717) is 38.3 Å². The first-order valence-electron chi connectivity index (χ1n) is 14.4. The van der Waals surface area contributed by atoms with Crippen LogP contribution in [0.3, 0.4) is 0 Å². The number of nitrogens with one attached hydrogen (secondary N) is 1. The molecular weight excluding hydrogens is 629 g/mol. The van der Waals surface area contributed by atoms with Crippen molar-refractivity contribution in [1.29, 1.82) is 0 Å². The number of hydrogen-bond donors (Lipinski definition) is 1. The number of nitrogens with zero attached hydrogens (tertiary/aromatic N) is 2. The molecule has 1 N–H and O–H groups in total. The van der Waals surface area contributed by atoms with Gasteiger partial charge in [0.2, 0.25) is 11.8 Å². The monoisotopic (exact) mass is 663 g/mol. The minimum Gasteiger partial charge on any atom is -0.352 e. The number of anilines is 1. The number of hydrogen-bond acceptors (Lipinski definition) is 4. The molecule has 3 aromatic carbocycles. The number of carbonyl (C=O) groups excluding carboxylic acids is 2. The molecule has 230 valence electrons. The average Bonchev–Trinajstić information content (AvgIpc) is 2.98. The van der Waals surface area contributed by atoms with Gasteiger partial charge in [0.25, 0.3) is 10.0 Å². The van der Waals surface area contributed by atoms with Gasteiger partial charge in [-0.15, -0.1) is 0 Å². The number of carbonyl (C=O) groups is 2. The third kappa shape index (κ3) is 8.24. The SMILES string of the molecule is CCC(C(=O)NC1CCCCC1)N(Cc1ccc(Cl)c(Cl)c1)C(=O)CN(c1ccccc1C)S(=O)(=O)c1ccc(Cl)cc1. The molecule has 0 aromatic heterocycles. The van der Waals surface area contributed by atoms with Crippen molar-refractivity contribution in [2.45, 2.75) is 75.9 Å². The Labute approximate surface area is 269 Å². The lowest BCUT2D eigenvalue weighted by Gasteiger charge is -2.34. The summed E-state index contributed by atoms with van der Waals surface area (Å²) >= 11 is 18.5. The average molecular weight is 665 g/mol. The summed E-state index contributed by atoms with van der Waals surface area (Å²) in [5.74, 6) is -0.789. The second kappa shape index (κ2) is 14.8. The van der Waals surface area contributed by atoms with Crippen LogP contribution in [0.25, 0.3) is 0 Å². The summed E-state index contributed by atoms with van der Waals surface area (Å²) in [4.78, 5) is 29.4. The fourth-order valence-electron chi connectivity index (χ4n) is 5.39. The molecule has 43 heavy (non-hydrogen) atoms. The van der Waals surface area contributed by atoms with Crippen molar-refractivity contribution in [2.24, 2.45) is 0 Å². The largest absolute Gasteiger partial charge is 0.352 e. The number of rotatable bonds is 11. The molecule has 0 radical (unpaired) electrons. The van der Waals surface area contributed by atoms with Crippen LogP contribution in [0.2, 0.25) is 15.1 Å². The molecule has 1 unspecified atom stereocenters. The molecule has 1 aliphatic rings. The molecule has 0 aliphatic heterocycles. The molecule has 7 nitrogen and oxygen atoms in total. The van der Waals surface area contributed by atoms with Gasteiger partial charge in [0.1, 0.15) is 12.6 Å². The van der Waals surface area contributed by atoms with Crippen molar-refractivity contribution >= 4 is 62.3 Å². The van der Waals surface area contributed by atoms with Gasteiger partial charge in [0.05, 0.1) is 20.6 Å². The molecule has 0 bridgehead atoms. The van der Waals surface area contributed by atoms with Gasteiger partial charge in [-0.3, -0.25) is 13.9 Å². The zero-order valence-corrected chi connectivity index (χ0v) is 27.3. The van der Waals surface area contributed by atoms with Crippen molar-refractivity contribution in [2.75, 3.05) is 10.8 Å². The summed E-state index contributed by atoms with van der Waals surface area (Å²) < 4.78 is 29.2. The van der Waals surface area contributed by atoms with Gasteiger partial charge >= 0.3 is 0 Å². The molecule has 2 amide bonds. The van der Waals surface area contributed by atoms with E-state index in [0.717, 1.165) is 36.4 Å². The van der Waals surface area contributed by atoms with Crippen molar-refractivity contribution < 1.29 is 18.0 Å². The van der Waals surface area contributed by atoms with Crippen molar-refractivity contribution in [3.63, 3.8) is 0 Å². The van der Waals surface area contributed by atoms with E-state index in [9.17, 15) is 18.0 Å². The highest BCUT2D eigenvalue weighted by Gasteiger charge is 2.35. The third-order valence-electron chi connectivity index (χ3n) is 7.74. The quantitative estimate of drug-likeness (QED) is 0.231.